The Balaban J connectivity index is 0.00000233. The van der Waals surface area contributed by atoms with E-state index >= 15 is 0 Å². The molecule has 0 aliphatic heterocycles. The van der Waals surface area contributed by atoms with E-state index in [4.69, 9.17) is 10.2 Å². The molecule has 8 heteroatoms. The van der Waals surface area contributed by atoms with Crippen LogP contribution in [0.3, 0.4) is 0 Å². The van der Waals surface area contributed by atoms with Crippen LogP contribution in [-0.2, 0) is 12.8 Å². The van der Waals surface area contributed by atoms with Crippen LogP contribution in [0.5, 0.6) is 0 Å². The first kappa shape index (κ1) is 28.6. The summed E-state index contributed by atoms with van der Waals surface area (Å²) in [5.74, 6) is 1.81. The monoisotopic (exact) mass is 546 g/mol. The smallest absolute Gasteiger partial charge is 0.0555 e. The fourth-order valence-corrected chi connectivity index (χ4v) is 6.18. The van der Waals surface area contributed by atoms with Crippen molar-refractivity contribution in [2.24, 2.45) is 0 Å². The van der Waals surface area contributed by atoms with Gasteiger partial charge in [-0.2, -0.15) is 0 Å². The van der Waals surface area contributed by atoms with Gasteiger partial charge in [0.2, 0.25) is 0 Å². The van der Waals surface area contributed by atoms with E-state index < -0.39 is 0 Å². The summed E-state index contributed by atoms with van der Waals surface area (Å²) in [5, 5.41) is 24.3. The Morgan fingerprint density at radius 1 is 0.839 bits per heavy atom. The second-order valence-electron chi connectivity index (χ2n) is 6.82. The Bertz CT molecular complexity index is 752. The lowest BCUT2D eigenvalue weighted by Gasteiger charge is -2.11. The molecule has 4 nitrogen and oxygen atoms in total. The third kappa shape index (κ3) is 9.92. The molecule has 0 bridgehead atoms. The average Bonchev–Trinajstić information content (AvgIpc) is 3.32. The zero-order chi connectivity index (χ0) is 23.2. The molecule has 0 aliphatic rings. The maximum Gasteiger partial charge on any atom is 0.0555 e. The zero-order valence-corrected chi connectivity index (χ0v) is 22.8. The summed E-state index contributed by atoms with van der Waals surface area (Å²) in [6.45, 7) is 16.2. The number of aryl methyl sites for hydroxylation is 2. The van der Waals surface area contributed by atoms with E-state index in [1.165, 1.54) is 30.6 Å². The van der Waals surface area contributed by atoms with Gasteiger partial charge in [-0.05, 0) is 68.9 Å². The maximum atomic E-state index is 8.92. The second-order valence-corrected chi connectivity index (χ2v) is 10.5. The average molecular weight is 548 g/mol. The van der Waals surface area contributed by atoms with Gasteiger partial charge in [-0.15, -0.1) is 22.7 Å². The first-order chi connectivity index (χ1) is 15.0. The van der Waals surface area contributed by atoms with Gasteiger partial charge in [0.25, 0.3) is 0 Å². The molecule has 0 aromatic carbocycles. The summed E-state index contributed by atoms with van der Waals surface area (Å²) in [5.41, 5.74) is 2.61. The van der Waals surface area contributed by atoms with Crippen LogP contribution in [0, 0.1) is 13.8 Å². The van der Waals surface area contributed by atoms with Crippen LogP contribution in [0.1, 0.15) is 30.6 Å². The lowest BCUT2D eigenvalue weighted by atomic mass is 10.1. The molecule has 0 radical (unpaired) electrons. The van der Waals surface area contributed by atoms with Crippen molar-refractivity contribution in [3.05, 3.63) is 55.9 Å². The molecule has 0 saturated heterocycles. The maximum absolute atomic E-state index is 8.92. The molecule has 2 aromatic heterocycles. The van der Waals surface area contributed by atoms with Gasteiger partial charge in [0.15, 0.2) is 0 Å². The summed E-state index contributed by atoms with van der Waals surface area (Å²) in [7, 11) is 0. The Morgan fingerprint density at radius 3 is 1.58 bits per heavy atom. The van der Waals surface area contributed by atoms with Crippen molar-refractivity contribution < 1.29 is 10.2 Å². The van der Waals surface area contributed by atoms with Crippen LogP contribution in [0.2, 0.25) is 0 Å². The first-order valence-corrected chi connectivity index (χ1v) is 14.3. The van der Waals surface area contributed by atoms with Crippen molar-refractivity contribution in [3.8, 4) is 0 Å². The van der Waals surface area contributed by atoms with Gasteiger partial charge in [-0.1, -0.05) is 40.8 Å². The molecule has 4 N–H and O–H groups in total. The number of rotatable bonds is 14. The van der Waals surface area contributed by atoms with Crippen LogP contribution >= 0.6 is 50.4 Å². The number of hydrogen-bond donors (Lipinski definition) is 4. The molecule has 0 aliphatic carbocycles. The molecular formula is C23H35BrN2O2S3. The van der Waals surface area contributed by atoms with Crippen LogP contribution in [0.15, 0.2) is 25.3 Å². The highest BCUT2D eigenvalue weighted by Crippen LogP contribution is 2.44. The molecular weight excluding hydrogens is 512 g/mol. The van der Waals surface area contributed by atoms with Gasteiger partial charge < -0.3 is 20.8 Å². The largest absolute Gasteiger partial charge is 0.395 e. The predicted molar refractivity (Wildman–Crippen MR) is 146 cm³/mol. The predicted octanol–water partition coefficient (Wildman–Crippen LogP) is 5.06. The van der Waals surface area contributed by atoms with Gasteiger partial charge in [0, 0.05) is 42.4 Å². The second kappa shape index (κ2) is 16.2. The molecule has 2 heterocycles. The highest BCUT2D eigenvalue weighted by atomic mass is 79.9. The van der Waals surface area contributed by atoms with Crippen LogP contribution in [0.4, 0.5) is 0 Å². The van der Waals surface area contributed by atoms with Crippen LogP contribution in [-0.4, -0.2) is 55.4 Å². The molecule has 0 amide bonds. The molecule has 31 heavy (non-hydrogen) atoms. The summed E-state index contributed by atoms with van der Waals surface area (Å²) in [6, 6.07) is 4.48. The van der Waals surface area contributed by atoms with E-state index in [0.717, 1.165) is 35.7 Å². The van der Waals surface area contributed by atoms with Gasteiger partial charge >= 0.3 is 0 Å². The topological polar surface area (TPSA) is 64.5 Å². The van der Waals surface area contributed by atoms with Gasteiger partial charge in [0.05, 0.1) is 13.2 Å². The van der Waals surface area contributed by atoms with Crippen molar-refractivity contribution in [2.75, 3.05) is 45.2 Å². The lowest BCUT2D eigenvalue weighted by molar-refractivity contribution is 0.292. The van der Waals surface area contributed by atoms with E-state index in [9.17, 15) is 0 Å². The zero-order valence-electron chi connectivity index (χ0n) is 18.7. The fraction of sp³-hybridized carbons (Fsp3) is 0.478. The lowest BCUT2D eigenvalue weighted by Crippen LogP contribution is -2.21. The number of thioether (sulfide) groups is 1. The van der Waals surface area contributed by atoms with Crippen molar-refractivity contribution in [1.82, 2.24) is 10.6 Å². The van der Waals surface area contributed by atoms with Crippen molar-refractivity contribution >= 4 is 60.2 Å². The standard InChI is InChI=1S/C22H32N2O2S3.CH3Br/c1-15-13-19(5-7-23-9-11-25)21(27-15)17(3)29-18(4)22-20(14-16(2)28-22)6-8-24-10-12-26;1-2/h13-14,23-26H,3-12H2,1-2H3;1H3. The third-order valence-electron chi connectivity index (χ3n) is 4.34. The Morgan fingerprint density at radius 2 is 1.23 bits per heavy atom. The number of hydrogen-bond acceptors (Lipinski definition) is 7. The van der Waals surface area contributed by atoms with E-state index in [1.54, 1.807) is 34.4 Å². The van der Waals surface area contributed by atoms with Crippen LogP contribution < -0.4 is 10.6 Å². The number of aliphatic hydroxyl groups excluding tert-OH is 2. The third-order valence-corrected chi connectivity index (χ3v) is 7.80. The first-order valence-electron chi connectivity index (χ1n) is 10.2. The SMILES string of the molecule is C=C(SC(=C)c1sc(C)cc1CCNCCO)c1sc(C)cc1CCNCCO.CBr. The minimum Gasteiger partial charge on any atom is -0.395 e. The fourth-order valence-electron chi connectivity index (χ4n) is 3.07. The Hall–Kier alpha value is -0.450. The molecule has 2 aromatic rings. The molecule has 0 spiro atoms. The molecule has 174 valence electrons. The van der Waals surface area contributed by atoms with E-state index in [2.05, 4.69) is 65.7 Å². The summed E-state index contributed by atoms with van der Waals surface area (Å²) >= 11 is 8.16. The van der Waals surface area contributed by atoms with E-state index in [-0.39, 0.29) is 13.2 Å². The minimum absolute atomic E-state index is 0.163. The highest BCUT2D eigenvalue weighted by molar-refractivity contribution is 9.08. The molecule has 0 unspecified atom stereocenters. The van der Waals surface area contributed by atoms with Gasteiger partial charge in [-0.25, -0.2) is 0 Å². The Kier molecular flexibility index (Phi) is 14.9. The highest BCUT2D eigenvalue weighted by Gasteiger charge is 2.16. The number of aliphatic hydroxyl groups is 2. The normalized spacial score (nSPS) is 10.6. The van der Waals surface area contributed by atoms with E-state index in [1.807, 2.05) is 5.83 Å². The van der Waals surface area contributed by atoms with Crippen molar-refractivity contribution in [3.63, 3.8) is 0 Å². The molecule has 0 saturated carbocycles. The Labute approximate surface area is 208 Å². The number of nitrogens with one attached hydrogen (secondary N) is 2. The summed E-state index contributed by atoms with van der Waals surface area (Å²) < 4.78 is 0. The number of halogens is 1. The van der Waals surface area contributed by atoms with Crippen LogP contribution in [0.25, 0.3) is 9.81 Å². The summed E-state index contributed by atoms with van der Waals surface area (Å²) in [6.07, 6.45) is 1.84. The quantitative estimate of drug-likeness (QED) is 0.197. The van der Waals surface area contributed by atoms with Gasteiger partial charge in [-0.3, -0.25) is 0 Å². The van der Waals surface area contributed by atoms with E-state index in [0.29, 0.717) is 13.1 Å². The minimum atomic E-state index is 0.163. The number of alkyl halides is 1. The summed E-state index contributed by atoms with van der Waals surface area (Å²) in [4.78, 5) is 7.12. The van der Waals surface area contributed by atoms with Gasteiger partial charge in [0.1, 0.15) is 0 Å². The van der Waals surface area contributed by atoms with Crippen molar-refractivity contribution in [1.29, 1.82) is 0 Å². The number of thiophene rings is 2. The van der Waals surface area contributed by atoms with Crippen molar-refractivity contribution in [2.45, 2.75) is 26.7 Å². The molecule has 0 fully saturated rings. The molecule has 2 rings (SSSR count). The molecule has 0 atom stereocenters.